The smallest absolute Gasteiger partial charge is 0.0571 e. The molecule has 1 aliphatic rings. The summed E-state index contributed by atoms with van der Waals surface area (Å²) >= 11 is 0. The van der Waals surface area contributed by atoms with E-state index in [4.69, 9.17) is 4.74 Å². The number of terminal acetylenes is 1. The maximum atomic E-state index is 5.37. The molecule has 90 valence electrons. The Bertz CT molecular complexity index is 239. The average molecular weight is 220 g/mol. The Labute approximate surface area is 101 Å². The Kier molecular flexibility index (Phi) is 8.66. The highest BCUT2D eigenvalue weighted by molar-refractivity contribution is 5.13. The topological polar surface area (TPSA) is 9.23 Å². The van der Waals surface area contributed by atoms with Gasteiger partial charge in [-0.1, -0.05) is 23.8 Å². The molecule has 0 atom stereocenters. The maximum Gasteiger partial charge on any atom is 0.0571 e. The summed E-state index contributed by atoms with van der Waals surface area (Å²) in [5, 5.41) is 0. The lowest BCUT2D eigenvalue weighted by atomic mass is 9.83. The SMILES string of the molecule is C#C.C/C=C\C=C(/C)C1CCC(OC)CC1. The number of ether oxygens (including phenoxy) is 1. The van der Waals surface area contributed by atoms with Crippen molar-refractivity contribution in [2.24, 2.45) is 5.92 Å². The van der Waals surface area contributed by atoms with Gasteiger partial charge in [-0.15, -0.1) is 12.8 Å². The van der Waals surface area contributed by atoms with Gasteiger partial charge >= 0.3 is 0 Å². The van der Waals surface area contributed by atoms with Gasteiger partial charge in [0.05, 0.1) is 6.10 Å². The van der Waals surface area contributed by atoms with E-state index in [1.165, 1.54) is 31.3 Å². The quantitative estimate of drug-likeness (QED) is 0.516. The van der Waals surface area contributed by atoms with E-state index in [-0.39, 0.29) is 0 Å². The summed E-state index contributed by atoms with van der Waals surface area (Å²) in [6.45, 7) is 4.31. The average Bonchev–Trinajstić information content (AvgIpc) is 2.38. The van der Waals surface area contributed by atoms with Crippen LogP contribution in [0.5, 0.6) is 0 Å². The molecule has 1 rings (SSSR count). The molecule has 0 heterocycles. The number of hydrogen-bond acceptors (Lipinski definition) is 1. The predicted molar refractivity (Wildman–Crippen MR) is 71.2 cm³/mol. The third-order valence-corrected chi connectivity index (χ3v) is 3.20. The van der Waals surface area contributed by atoms with Gasteiger partial charge in [0.1, 0.15) is 0 Å². The third kappa shape index (κ3) is 5.19. The summed E-state index contributed by atoms with van der Waals surface area (Å²) in [6, 6.07) is 0. The molecular weight excluding hydrogens is 196 g/mol. The highest BCUT2D eigenvalue weighted by Crippen LogP contribution is 2.30. The van der Waals surface area contributed by atoms with E-state index in [2.05, 4.69) is 44.9 Å². The summed E-state index contributed by atoms with van der Waals surface area (Å²) in [5.74, 6) is 0.789. The zero-order valence-electron chi connectivity index (χ0n) is 10.8. The van der Waals surface area contributed by atoms with Gasteiger partial charge < -0.3 is 4.74 Å². The van der Waals surface area contributed by atoms with Crippen molar-refractivity contribution in [2.45, 2.75) is 45.6 Å². The molecular formula is C15H24O. The first kappa shape index (κ1) is 15.0. The van der Waals surface area contributed by atoms with Gasteiger partial charge in [-0.2, -0.15) is 0 Å². The molecule has 0 aliphatic heterocycles. The van der Waals surface area contributed by atoms with Crippen molar-refractivity contribution in [3.05, 3.63) is 23.8 Å². The lowest BCUT2D eigenvalue weighted by Crippen LogP contribution is -2.20. The predicted octanol–water partition coefficient (Wildman–Crippen LogP) is 3.96. The Hall–Kier alpha value is -1.00. The molecule has 1 aliphatic carbocycles. The molecule has 1 fully saturated rings. The number of hydrogen-bond donors (Lipinski definition) is 0. The lowest BCUT2D eigenvalue weighted by molar-refractivity contribution is 0.0614. The highest BCUT2D eigenvalue weighted by atomic mass is 16.5. The summed E-state index contributed by atoms with van der Waals surface area (Å²) < 4.78 is 5.37. The van der Waals surface area contributed by atoms with E-state index < -0.39 is 0 Å². The normalized spacial score (nSPS) is 26.2. The summed E-state index contributed by atoms with van der Waals surface area (Å²) in [6.07, 6.45) is 20.0. The molecule has 0 aromatic rings. The lowest BCUT2D eigenvalue weighted by Gasteiger charge is -2.28. The van der Waals surface area contributed by atoms with Gasteiger partial charge in [0, 0.05) is 7.11 Å². The molecule has 0 bridgehead atoms. The summed E-state index contributed by atoms with van der Waals surface area (Å²) in [4.78, 5) is 0. The Morgan fingerprint density at radius 1 is 1.19 bits per heavy atom. The van der Waals surface area contributed by atoms with E-state index in [9.17, 15) is 0 Å². The van der Waals surface area contributed by atoms with Crippen LogP contribution in [0.2, 0.25) is 0 Å². The van der Waals surface area contributed by atoms with E-state index in [0.29, 0.717) is 6.10 Å². The molecule has 0 spiro atoms. The molecule has 0 radical (unpaired) electrons. The van der Waals surface area contributed by atoms with Crippen LogP contribution in [0.15, 0.2) is 23.8 Å². The highest BCUT2D eigenvalue weighted by Gasteiger charge is 2.21. The van der Waals surface area contributed by atoms with E-state index in [1.54, 1.807) is 0 Å². The van der Waals surface area contributed by atoms with Crippen molar-refractivity contribution in [3.8, 4) is 12.8 Å². The van der Waals surface area contributed by atoms with Crippen LogP contribution in [-0.2, 0) is 4.74 Å². The van der Waals surface area contributed by atoms with Gasteiger partial charge in [0.15, 0.2) is 0 Å². The van der Waals surface area contributed by atoms with Crippen molar-refractivity contribution in [2.75, 3.05) is 7.11 Å². The molecule has 0 unspecified atom stereocenters. The largest absolute Gasteiger partial charge is 0.381 e. The van der Waals surface area contributed by atoms with Crippen LogP contribution >= 0.6 is 0 Å². The fourth-order valence-corrected chi connectivity index (χ4v) is 2.14. The minimum atomic E-state index is 0.515. The van der Waals surface area contributed by atoms with Gasteiger partial charge in [-0.3, -0.25) is 0 Å². The standard InChI is InChI=1S/C13H22O.C2H2/c1-4-5-6-11(2)12-7-9-13(14-3)10-8-12;1-2/h4-6,12-13H,7-10H2,1-3H3;1-2H/b5-4-,11-6+;. The second-order valence-corrected chi connectivity index (χ2v) is 4.15. The van der Waals surface area contributed by atoms with Gasteiger partial charge in [-0.25, -0.2) is 0 Å². The Balaban J connectivity index is 0.00000106. The second-order valence-electron chi connectivity index (χ2n) is 4.15. The van der Waals surface area contributed by atoms with Gasteiger partial charge in [0.25, 0.3) is 0 Å². The van der Waals surface area contributed by atoms with Crippen LogP contribution in [-0.4, -0.2) is 13.2 Å². The van der Waals surface area contributed by atoms with Gasteiger partial charge in [-0.05, 0) is 45.4 Å². The van der Waals surface area contributed by atoms with Crippen LogP contribution in [0.1, 0.15) is 39.5 Å². The van der Waals surface area contributed by atoms with Crippen molar-refractivity contribution >= 4 is 0 Å². The fourth-order valence-electron chi connectivity index (χ4n) is 2.14. The molecule has 1 nitrogen and oxygen atoms in total. The summed E-state index contributed by atoms with van der Waals surface area (Å²) in [5.41, 5.74) is 1.53. The van der Waals surface area contributed by atoms with Crippen LogP contribution in [0, 0.1) is 18.8 Å². The van der Waals surface area contributed by atoms with Crippen molar-refractivity contribution in [1.82, 2.24) is 0 Å². The van der Waals surface area contributed by atoms with E-state index in [0.717, 1.165) is 5.92 Å². The van der Waals surface area contributed by atoms with E-state index >= 15 is 0 Å². The molecule has 0 aromatic carbocycles. The van der Waals surface area contributed by atoms with Crippen molar-refractivity contribution < 1.29 is 4.74 Å². The van der Waals surface area contributed by atoms with Gasteiger partial charge in [0.2, 0.25) is 0 Å². The molecule has 0 aromatic heterocycles. The first-order valence-corrected chi connectivity index (χ1v) is 5.93. The first-order chi connectivity index (χ1) is 7.77. The van der Waals surface area contributed by atoms with Crippen molar-refractivity contribution in [1.29, 1.82) is 0 Å². The molecule has 0 saturated heterocycles. The minimum absolute atomic E-state index is 0.515. The monoisotopic (exact) mass is 220 g/mol. The first-order valence-electron chi connectivity index (χ1n) is 5.93. The number of rotatable bonds is 3. The Morgan fingerprint density at radius 2 is 1.75 bits per heavy atom. The molecule has 0 amide bonds. The van der Waals surface area contributed by atoms with E-state index in [1.807, 2.05) is 7.11 Å². The second kappa shape index (κ2) is 9.24. The van der Waals surface area contributed by atoms with Crippen LogP contribution in [0.3, 0.4) is 0 Å². The van der Waals surface area contributed by atoms with Crippen LogP contribution in [0.25, 0.3) is 0 Å². The van der Waals surface area contributed by atoms with Crippen LogP contribution < -0.4 is 0 Å². The maximum absolute atomic E-state index is 5.37. The molecule has 0 N–H and O–H groups in total. The number of methoxy groups -OCH3 is 1. The molecule has 16 heavy (non-hydrogen) atoms. The number of allylic oxidation sites excluding steroid dienone is 4. The zero-order chi connectivity index (χ0) is 12.4. The Morgan fingerprint density at radius 3 is 2.19 bits per heavy atom. The fraction of sp³-hybridized carbons (Fsp3) is 0.600. The van der Waals surface area contributed by atoms with Crippen molar-refractivity contribution in [3.63, 3.8) is 0 Å². The zero-order valence-corrected chi connectivity index (χ0v) is 10.8. The molecule has 1 heteroatoms. The third-order valence-electron chi connectivity index (χ3n) is 3.20. The van der Waals surface area contributed by atoms with Crippen LogP contribution in [0.4, 0.5) is 0 Å². The minimum Gasteiger partial charge on any atom is -0.381 e. The molecule has 1 saturated carbocycles. The summed E-state index contributed by atoms with van der Waals surface area (Å²) in [7, 11) is 1.83.